The lowest BCUT2D eigenvalue weighted by molar-refractivity contribution is -0.384. The Balaban J connectivity index is 1.46. The number of aryl methyl sites for hydroxylation is 1. The van der Waals surface area contributed by atoms with Crippen molar-refractivity contribution in [3.8, 4) is 11.8 Å². The summed E-state index contributed by atoms with van der Waals surface area (Å²) in [6.45, 7) is 2.31. The third-order valence-corrected chi connectivity index (χ3v) is 4.76. The lowest BCUT2D eigenvalue weighted by Gasteiger charge is -2.06. The van der Waals surface area contributed by atoms with E-state index in [2.05, 4.69) is 16.0 Å². The summed E-state index contributed by atoms with van der Waals surface area (Å²) in [4.78, 5) is 18.0. The molecule has 3 aromatic carbocycles. The fourth-order valence-electron chi connectivity index (χ4n) is 3.11. The number of nitro groups is 1. The number of allylic oxidation sites excluding steroid dienone is 1. The molecule has 0 saturated heterocycles. The quantitative estimate of drug-likeness (QED) is 0.259. The van der Waals surface area contributed by atoms with Crippen molar-refractivity contribution in [3.63, 3.8) is 0 Å². The van der Waals surface area contributed by atoms with Crippen molar-refractivity contribution in [2.75, 3.05) is 0 Å². The number of non-ortho nitro benzene ring substituents is 1. The summed E-state index contributed by atoms with van der Waals surface area (Å²) in [5, 5.41) is 20.3. The minimum Gasteiger partial charge on any atom is -0.489 e. The zero-order valence-electron chi connectivity index (χ0n) is 16.7. The predicted octanol–water partition coefficient (Wildman–Crippen LogP) is 5.42. The van der Waals surface area contributed by atoms with Gasteiger partial charge in [-0.15, -0.1) is 0 Å². The van der Waals surface area contributed by atoms with Gasteiger partial charge in [-0.25, -0.2) is 4.98 Å². The highest BCUT2D eigenvalue weighted by molar-refractivity contribution is 5.90. The number of nitriles is 1. The monoisotopic (exact) mass is 410 g/mol. The number of aromatic amines is 1. The number of nitrogens with zero attached hydrogens (tertiary/aromatic N) is 3. The molecule has 0 saturated carbocycles. The van der Waals surface area contributed by atoms with Crippen LogP contribution in [-0.4, -0.2) is 14.9 Å². The van der Waals surface area contributed by atoms with Crippen LogP contribution in [0.2, 0.25) is 0 Å². The van der Waals surface area contributed by atoms with E-state index >= 15 is 0 Å². The third-order valence-electron chi connectivity index (χ3n) is 4.76. The summed E-state index contributed by atoms with van der Waals surface area (Å²) in [5.41, 5.74) is 5.00. The Hall–Kier alpha value is -4.44. The van der Waals surface area contributed by atoms with Crippen molar-refractivity contribution in [3.05, 3.63) is 99.4 Å². The molecule has 7 nitrogen and oxygen atoms in total. The van der Waals surface area contributed by atoms with Crippen molar-refractivity contribution >= 4 is 28.4 Å². The molecule has 1 N–H and O–H groups in total. The van der Waals surface area contributed by atoms with E-state index in [4.69, 9.17) is 4.74 Å². The molecule has 0 aliphatic carbocycles. The number of fused-ring (bicyclic) bond motifs is 1. The van der Waals surface area contributed by atoms with E-state index in [1.54, 1.807) is 18.2 Å². The molecular formula is C24H18N4O3. The maximum atomic E-state index is 10.7. The van der Waals surface area contributed by atoms with Crippen LogP contribution in [0.1, 0.15) is 22.5 Å². The van der Waals surface area contributed by atoms with Gasteiger partial charge in [0.05, 0.1) is 21.5 Å². The first-order valence-corrected chi connectivity index (χ1v) is 9.56. The maximum Gasteiger partial charge on any atom is 0.269 e. The van der Waals surface area contributed by atoms with Crippen LogP contribution < -0.4 is 4.74 Å². The lowest BCUT2D eigenvalue weighted by atomic mass is 10.1. The Morgan fingerprint density at radius 2 is 1.90 bits per heavy atom. The van der Waals surface area contributed by atoms with Gasteiger partial charge < -0.3 is 9.72 Å². The van der Waals surface area contributed by atoms with E-state index in [1.807, 2.05) is 49.4 Å². The highest BCUT2D eigenvalue weighted by Crippen LogP contribution is 2.22. The lowest BCUT2D eigenvalue weighted by Crippen LogP contribution is -1.96. The van der Waals surface area contributed by atoms with Crippen molar-refractivity contribution in [1.29, 1.82) is 5.26 Å². The molecule has 0 atom stereocenters. The van der Waals surface area contributed by atoms with Crippen molar-refractivity contribution in [2.24, 2.45) is 0 Å². The molecule has 0 fully saturated rings. The Morgan fingerprint density at radius 3 is 2.58 bits per heavy atom. The fourth-order valence-corrected chi connectivity index (χ4v) is 3.11. The van der Waals surface area contributed by atoms with Crippen LogP contribution in [0.4, 0.5) is 5.69 Å². The van der Waals surface area contributed by atoms with E-state index < -0.39 is 4.92 Å². The van der Waals surface area contributed by atoms with Crippen molar-refractivity contribution in [1.82, 2.24) is 9.97 Å². The maximum absolute atomic E-state index is 10.7. The zero-order valence-corrected chi connectivity index (χ0v) is 16.7. The molecule has 0 unspecified atom stereocenters. The number of rotatable bonds is 6. The molecule has 31 heavy (non-hydrogen) atoms. The normalized spacial score (nSPS) is 11.3. The average molecular weight is 410 g/mol. The molecule has 1 heterocycles. The highest BCUT2D eigenvalue weighted by atomic mass is 16.6. The Morgan fingerprint density at radius 1 is 1.16 bits per heavy atom. The predicted molar refractivity (Wildman–Crippen MR) is 118 cm³/mol. The van der Waals surface area contributed by atoms with Gasteiger partial charge in [-0.2, -0.15) is 5.26 Å². The number of imidazole rings is 1. The summed E-state index contributed by atoms with van der Waals surface area (Å²) in [6, 6.07) is 21.7. The van der Waals surface area contributed by atoms with Gasteiger partial charge in [0.1, 0.15) is 24.3 Å². The average Bonchev–Trinajstić information content (AvgIpc) is 3.20. The second-order valence-electron chi connectivity index (χ2n) is 7.06. The molecule has 1 aromatic heterocycles. The molecule has 152 valence electrons. The first-order chi connectivity index (χ1) is 15.0. The van der Waals surface area contributed by atoms with E-state index in [0.717, 1.165) is 27.7 Å². The van der Waals surface area contributed by atoms with Gasteiger partial charge in [0.25, 0.3) is 5.69 Å². The minimum absolute atomic E-state index is 0.0489. The van der Waals surface area contributed by atoms with Crippen LogP contribution >= 0.6 is 0 Å². The molecular weight excluding hydrogens is 392 g/mol. The summed E-state index contributed by atoms with van der Waals surface area (Å²) in [6.07, 6.45) is 1.77. The van der Waals surface area contributed by atoms with Crippen LogP contribution in [0.5, 0.6) is 5.75 Å². The number of ether oxygens (including phenoxy) is 1. The molecule has 7 heteroatoms. The van der Waals surface area contributed by atoms with E-state index in [9.17, 15) is 15.4 Å². The molecule has 0 spiro atoms. The molecule has 0 amide bonds. The summed E-state index contributed by atoms with van der Waals surface area (Å²) < 4.78 is 5.74. The first-order valence-electron chi connectivity index (χ1n) is 9.56. The molecule has 4 rings (SSSR count). The van der Waals surface area contributed by atoms with E-state index in [1.165, 1.54) is 12.1 Å². The molecule has 4 aromatic rings. The van der Waals surface area contributed by atoms with Crippen LogP contribution in [-0.2, 0) is 6.61 Å². The Bertz CT molecular complexity index is 1310. The second kappa shape index (κ2) is 8.51. The van der Waals surface area contributed by atoms with E-state index in [-0.39, 0.29) is 5.69 Å². The first kappa shape index (κ1) is 19.9. The number of hydrogen-bond acceptors (Lipinski definition) is 5. The van der Waals surface area contributed by atoms with Gasteiger partial charge in [-0.3, -0.25) is 10.1 Å². The van der Waals surface area contributed by atoms with Gasteiger partial charge in [0, 0.05) is 12.1 Å². The zero-order chi connectivity index (χ0) is 21.8. The minimum atomic E-state index is -0.432. The Kier molecular flexibility index (Phi) is 5.45. The standard InChI is InChI=1S/C24H18N4O3/c1-16-2-11-22-23(12-16)27-24(26-22)19(14-25)13-17-5-9-21(10-6-17)31-15-18-3-7-20(8-4-18)28(29)30/h2-13H,15H2,1H3,(H,26,27). The third kappa shape index (κ3) is 4.60. The van der Waals surface area contributed by atoms with Crippen molar-refractivity contribution < 1.29 is 9.66 Å². The van der Waals surface area contributed by atoms with Crippen LogP contribution in [0.25, 0.3) is 22.7 Å². The summed E-state index contributed by atoms with van der Waals surface area (Å²) in [5.74, 6) is 1.19. The molecule has 0 bridgehead atoms. The molecule has 0 radical (unpaired) electrons. The number of nitro benzene ring substituents is 1. The largest absolute Gasteiger partial charge is 0.489 e. The van der Waals surface area contributed by atoms with Crippen LogP contribution in [0.15, 0.2) is 66.7 Å². The number of nitrogens with one attached hydrogen (secondary N) is 1. The molecule has 0 aliphatic heterocycles. The van der Waals surface area contributed by atoms with Gasteiger partial charge in [0.2, 0.25) is 0 Å². The van der Waals surface area contributed by atoms with Gasteiger partial charge in [-0.1, -0.05) is 18.2 Å². The van der Waals surface area contributed by atoms with E-state index in [0.29, 0.717) is 23.8 Å². The SMILES string of the molecule is Cc1ccc2nc(C(C#N)=Cc3ccc(OCc4ccc([N+](=O)[O-])cc4)cc3)[nH]c2c1. The van der Waals surface area contributed by atoms with Crippen LogP contribution in [0, 0.1) is 28.4 Å². The number of benzene rings is 3. The van der Waals surface area contributed by atoms with Gasteiger partial charge >= 0.3 is 0 Å². The van der Waals surface area contributed by atoms with Crippen LogP contribution in [0.3, 0.4) is 0 Å². The molecule has 0 aliphatic rings. The van der Waals surface area contributed by atoms with Gasteiger partial charge in [-0.05, 0) is 66.1 Å². The van der Waals surface area contributed by atoms with Gasteiger partial charge in [0.15, 0.2) is 0 Å². The summed E-state index contributed by atoms with van der Waals surface area (Å²) >= 11 is 0. The smallest absolute Gasteiger partial charge is 0.269 e. The highest BCUT2D eigenvalue weighted by Gasteiger charge is 2.08. The van der Waals surface area contributed by atoms with Crippen molar-refractivity contribution in [2.45, 2.75) is 13.5 Å². The second-order valence-corrected chi connectivity index (χ2v) is 7.06. The number of aromatic nitrogens is 2. The Labute approximate surface area is 178 Å². The topological polar surface area (TPSA) is 105 Å². The summed E-state index contributed by atoms with van der Waals surface area (Å²) in [7, 11) is 0. The fraction of sp³-hybridized carbons (Fsp3) is 0.0833. The number of hydrogen-bond donors (Lipinski definition) is 1. The number of H-pyrrole nitrogens is 1.